The number of nitrogens with two attached hydrogens (primary N) is 2. The number of nitrogen functional groups attached to an aromatic ring is 2. The Bertz CT molecular complexity index is 1340. The van der Waals surface area contributed by atoms with E-state index in [9.17, 15) is 10.5 Å². The molecule has 32 heavy (non-hydrogen) atoms. The van der Waals surface area contributed by atoms with Crippen molar-refractivity contribution >= 4 is 11.6 Å². The summed E-state index contributed by atoms with van der Waals surface area (Å²) < 4.78 is 3.88. The lowest BCUT2D eigenvalue weighted by Crippen LogP contribution is -2.13. The third kappa shape index (κ3) is 2.71. The third-order valence-corrected chi connectivity index (χ3v) is 6.33. The number of rotatable bonds is 2. The molecule has 2 aromatic heterocycles. The normalized spacial score (nSPS) is 12.0. The Morgan fingerprint density at radius 3 is 1.31 bits per heavy atom. The molecule has 0 saturated heterocycles. The van der Waals surface area contributed by atoms with Crippen LogP contribution in [0.5, 0.6) is 0 Å². The summed E-state index contributed by atoms with van der Waals surface area (Å²) in [6, 6.07) is 20.7. The van der Waals surface area contributed by atoms with E-state index in [1.54, 1.807) is 0 Å². The van der Waals surface area contributed by atoms with Crippen molar-refractivity contribution in [3.05, 3.63) is 93.3 Å². The van der Waals surface area contributed by atoms with Crippen LogP contribution in [0.3, 0.4) is 0 Å². The molecule has 0 fully saturated rings. The summed E-state index contributed by atoms with van der Waals surface area (Å²) in [4.78, 5) is 0. The highest BCUT2D eigenvalue weighted by Gasteiger charge is 2.32. The number of fused-ring (bicyclic) bond motifs is 2. The summed E-state index contributed by atoms with van der Waals surface area (Å²) in [5, 5.41) is 19.8. The highest BCUT2D eigenvalue weighted by molar-refractivity contribution is 5.70. The van der Waals surface area contributed by atoms with Crippen LogP contribution in [0.4, 0.5) is 11.6 Å². The van der Waals surface area contributed by atoms with E-state index in [-0.39, 0.29) is 0 Å². The first kappa shape index (κ1) is 19.5. The smallest absolute Gasteiger partial charge is 0.126 e. The third-order valence-electron chi connectivity index (χ3n) is 6.33. The lowest BCUT2D eigenvalue weighted by Gasteiger charge is -2.20. The summed E-state index contributed by atoms with van der Waals surface area (Å²) in [5.41, 5.74) is 21.7. The predicted octanol–water partition coefficient (Wildman–Crippen LogP) is 4.29. The molecular weight excluding hydrogens is 396 g/mol. The fraction of sp³-hybridized carbons (Fsp3) is 0.154. The molecule has 0 amide bonds. The van der Waals surface area contributed by atoms with Crippen molar-refractivity contribution in [1.29, 1.82) is 10.5 Å². The minimum atomic E-state index is 0.430. The zero-order valence-electron chi connectivity index (χ0n) is 18.0. The van der Waals surface area contributed by atoms with Gasteiger partial charge in [0.2, 0.25) is 0 Å². The number of aryl methyl sites for hydroxylation is 2. The van der Waals surface area contributed by atoms with Gasteiger partial charge < -0.3 is 11.5 Å². The van der Waals surface area contributed by atoms with Gasteiger partial charge in [0.1, 0.15) is 23.8 Å². The Balaban J connectivity index is 1.75. The molecular formula is C26H22N6. The van der Waals surface area contributed by atoms with Crippen LogP contribution in [-0.2, 0) is 12.8 Å². The summed E-state index contributed by atoms with van der Waals surface area (Å²) in [7, 11) is 0. The SMILES string of the molecule is Cc1ccc(-n2c(N)c(C#N)c3c2Cc2c(C#N)c(N)n(-c4ccc(C)cc4)c2C3)cc1. The average molecular weight is 419 g/mol. The first-order valence-corrected chi connectivity index (χ1v) is 10.4. The fourth-order valence-electron chi connectivity index (χ4n) is 4.70. The molecule has 5 rings (SSSR count). The fourth-order valence-corrected chi connectivity index (χ4v) is 4.70. The minimum absolute atomic E-state index is 0.430. The first-order valence-electron chi connectivity index (χ1n) is 10.4. The molecule has 2 aromatic carbocycles. The number of hydrogen-bond acceptors (Lipinski definition) is 4. The second-order valence-electron chi connectivity index (χ2n) is 8.29. The van der Waals surface area contributed by atoms with Gasteiger partial charge in [0, 0.05) is 35.6 Å². The molecule has 4 aromatic rings. The van der Waals surface area contributed by atoms with Crippen LogP contribution in [0, 0.1) is 36.5 Å². The topological polar surface area (TPSA) is 109 Å². The van der Waals surface area contributed by atoms with E-state index in [0.717, 1.165) is 45.0 Å². The van der Waals surface area contributed by atoms with Gasteiger partial charge in [0.15, 0.2) is 0 Å². The van der Waals surface area contributed by atoms with E-state index in [4.69, 9.17) is 11.5 Å². The lowest BCUT2D eigenvalue weighted by molar-refractivity contribution is 0.862. The van der Waals surface area contributed by atoms with E-state index in [2.05, 4.69) is 12.1 Å². The molecule has 2 heterocycles. The van der Waals surface area contributed by atoms with Crippen LogP contribution in [0.25, 0.3) is 11.4 Å². The Morgan fingerprint density at radius 1 is 0.656 bits per heavy atom. The van der Waals surface area contributed by atoms with Gasteiger partial charge in [-0.05, 0) is 49.2 Å². The summed E-state index contributed by atoms with van der Waals surface area (Å²) in [6.07, 6.45) is 0.965. The minimum Gasteiger partial charge on any atom is -0.384 e. The van der Waals surface area contributed by atoms with Crippen molar-refractivity contribution in [2.45, 2.75) is 26.7 Å². The number of benzene rings is 2. The maximum Gasteiger partial charge on any atom is 0.126 e. The number of aromatic nitrogens is 2. The standard InChI is InChI=1S/C26H22N6/c1-15-3-7-17(8-4-15)31-23-11-20-22(14-28)26(30)32(18-9-5-16(2)6-10-18)24(20)12-19(23)21(13-27)25(31)29/h3-10H,11-12,29-30H2,1-2H3. The van der Waals surface area contributed by atoms with Crippen LogP contribution in [0.1, 0.15) is 44.8 Å². The van der Waals surface area contributed by atoms with Crippen LogP contribution in [0.15, 0.2) is 48.5 Å². The molecule has 156 valence electrons. The van der Waals surface area contributed by atoms with E-state index >= 15 is 0 Å². The zero-order chi connectivity index (χ0) is 22.6. The molecule has 4 N–H and O–H groups in total. The van der Waals surface area contributed by atoms with Crippen molar-refractivity contribution in [2.75, 3.05) is 11.5 Å². The first-order chi connectivity index (χ1) is 15.4. The van der Waals surface area contributed by atoms with Crippen molar-refractivity contribution in [1.82, 2.24) is 9.13 Å². The van der Waals surface area contributed by atoms with Crippen LogP contribution >= 0.6 is 0 Å². The molecule has 0 bridgehead atoms. The van der Waals surface area contributed by atoms with Crippen LogP contribution in [0.2, 0.25) is 0 Å². The van der Waals surface area contributed by atoms with Gasteiger partial charge in [-0.2, -0.15) is 10.5 Å². The Hall–Kier alpha value is -4.42. The number of anilines is 2. The van der Waals surface area contributed by atoms with E-state index in [1.165, 1.54) is 0 Å². The van der Waals surface area contributed by atoms with Gasteiger partial charge in [-0.1, -0.05) is 35.4 Å². The maximum absolute atomic E-state index is 9.92. The molecule has 0 saturated carbocycles. The highest BCUT2D eigenvalue weighted by atomic mass is 15.1. The molecule has 0 unspecified atom stereocenters. The zero-order valence-corrected chi connectivity index (χ0v) is 18.0. The van der Waals surface area contributed by atoms with Crippen LogP contribution < -0.4 is 11.5 Å². The van der Waals surface area contributed by atoms with Crippen molar-refractivity contribution in [2.24, 2.45) is 0 Å². The largest absolute Gasteiger partial charge is 0.384 e. The Labute approximate surface area is 186 Å². The average Bonchev–Trinajstić information content (AvgIpc) is 3.22. The van der Waals surface area contributed by atoms with E-state index in [0.29, 0.717) is 35.6 Å². The van der Waals surface area contributed by atoms with E-state index in [1.807, 2.05) is 71.5 Å². The van der Waals surface area contributed by atoms with Gasteiger partial charge >= 0.3 is 0 Å². The van der Waals surface area contributed by atoms with Crippen molar-refractivity contribution in [3.63, 3.8) is 0 Å². The molecule has 1 aliphatic rings. The van der Waals surface area contributed by atoms with Crippen LogP contribution in [-0.4, -0.2) is 9.13 Å². The Kier molecular flexibility index (Phi) is 4.32. The van der Waals surface area contributed by atoms with Gasteiger partial charge in [0.05, 0.1) is 11.1 Å². The maximum atomic E-state index is 9.92. The molecule has 0 aliphatic heterocycles. The molecule has 6 heteroatoms. The van der Waals surface area contributed by atoms with Crippen molar-refractivity contribution in [3.8, 4) is 23.5 Å². The quantitative estimate of drug-likeness (QED) is 0.446. The number of nitriles is 2. The molecule has 1 aliphatic carbocycles. The predicted molar refractivity (Wildman–Crippen MR) is 125 cm³/mol. The van der Waals surface area contributed by atoms with Gasteiger partial charge in [-0.25, -0.2) is 0 Å². The number of nitrogens with zero attached hydrogens (tertiary/aromatic N) is 4. The molecule has 0 radical (unpaired) electrons. The highest BCUT2D eigenvalue weighted by Crippen LogP contribution is 2.41. The van der Waals surface area contributed by atoms with Gasteiger partial charge in [-0.15, -0.1) is 0 Å². The summed E-state index contributed by atoms with van der Waals surface area (Å²) in [6.45, 7) is 4.06. The summed E-state index contributed by atoms with van der Waals surface area (Å²) in [5.74, 6) is 0.861. The summed E-state index contributed by atoms with van der Waals surface area (Å²) >= 11 is 0. The monoisotopic (exact) mass is 418 g/mol. The molecule has 6 nitrogen and oxygen atoms in total. The Morgan fingerprint density at radius 2 is 1.00 bits per heavy atom. The van der Waals surface area contributed by atoms with Gasteiger partial charge in [0.25, 0.3) is 0 Å². The second-order valence-corrected chi connectivity index (χ2v) is 8.29. The lowest BCUT2D eigenvalue weighted by atomic mass is 9.91. The molecule has 0 spiro atoms. The second kappa shape index (κ2) is 7.08. The van der Waals surface area contributed by atoms with Crippen molar-refractivity contribution < 1.29 is 0 Å². The number of hydrogen-bond donors (Lipinski definition) is 2. The van der Waals surface area contributed by atoms with E-state index < -0.39 is 0 Å². The molecule has 0 atom stereocenters. The van der Waals surface area contributed by atoms with Gasteiger partial charge in [-0.3, -0.25) is 9.13 Å².